The number of carbonyl (C=O) groups excluding carboxylic acids is 1. The van der Waals surface area contributed by atoms with Crippen LogP contribution in [0.3, 0.4) is 0 Å². The molecule has 0 saturated carbocycles. The van der Waals surface area contributed by atoms with Gasteiger partial charge in [0.2, 0.25) is 0 Å². The molecule has 0 aromatic heterocycles. The van der Waals surface area contributed by atoms with Crippen LogP contribution in [0.5, 0.6) is 0 Å². The molecule has 2 bridgehead atoms. The Bertz CT molecular complexity index is 1740. The van der Waals surface area contributed by atoms with Crippen molar-refractivity contribution in [2.24, 2.45) is 23.7 Å². The molecular formula is C49H74O14. The molecule has 0 radical (unpaired) electrons. The fourth-order valence-corrected chi connectivity index (χ4v) is 10.9. The van der Waals surface area contributed by atoms with E-state index in [2.05, 4.69) is 46.8 Å². The summed E-state index contributed by atoms with van der Waals surface area (Å²) in [4.78, 5) is 14.5. The van der Waals surface area contributed by atoms with Gasteiger partial charge in [0.05, 0.1) is 49.3 Å². The molecule has 6 aliphatic heterocycles. The van der Waals surface area contributed by atoms with Gasteiger partial charge < -0.3 is 62.3 Å². The number of carbonyl (C=O) groups is 1. The number of methoxy groups -OCH3 is 3. The van der Waals surface area contributed by atoms with Gasteiger partial charge in [-0.25, -0.2) is 0 Å². The van der Waals surface area contributed by atoms with E-state index >= 15 is 0 Å². The van der Waals surface area contributed by atoms with Crippen LogP contribution in [0.4, 0.5) is 0 Å². The second-order valence-electron chi connectivity index (χ2n) is 19.2. The van der Waals surface area contributed by atoms with Crippen molar-refractivity contribution in [2.45, 2.75) is 191 Å². The molecule has 2 N–H and O–H groups in total. The van der Waals surface area contributed by atoms with Crippen molar-refractivity contribution in [1.29, 1.82) is 0 Å². The summed E-state index contributed by atoms with van der Waals surface area (Å²) in [7, 11) is 4.82. The highest BCUT2D eigenvalue weighted by atomic mass is 16.7. The minimum absolute atomic E-state index is 0.0805. The van der Waals surface area contributed by atoms with E-state index in [0.29, 0.717) is 37.7 Å². The average Bonchev–Trinajstić information content (AvgIpc) is 3.59. The van der Waals surface area contributed by atoms with Gasteiger partial charge in [0, 0.05) is 58.8 Å². The zero-order valence-corrected chi connectivity index (χ0v) is 39.2. The molecule has 14 nitrogen and oxygen atoms in total. The summed E-state index contributed by atoms with van der Waals surface area (Å²) in [6, 6.07) is 0. The first kappa shape index (κ1) is 48.6. The maximum absolute atomic E-state index is 14.5. The number of rotatable bonds is 9. The molecule has 1 spiro atoms. The van der Waals surface area contributed by atoms with Gasteiger partial charge in [-0.3, -0.25) is 4.79 Å². The Balaban J connectivity index is 1.19. The molecule has 0 aromatic rings. The van der Waals surface area contributed by atoms with Crippen molar-refractivity contribution in [3.63, 3.8) is 0 Å². The molecule has 4 fully saturated rings. The van der Waals surface area contributed by atoms with Crippen LogP contribution in [0.15, 0.2) is 59.3 Å². The number of aliphatic hydroxyl groups excluding tert-OH is 1. The first-order chi connectivity index (χ1) is 30.0. The molecule has 7 aliphatic rings. The summed E-state index contributed by atoms with van der Waals surface area (Å²) in [5.74, 6) is -2.35. The van der Waals surface area contributed by atoms with E-state index in [1.54, 1.807) is 34.3 Å². The highest BCUT2D eigenvalue weighted by molar-refractivity contribution is 5.78. The fraction of sp³-hybridized carbons (Fsp3) is 0.776. The van der Waals surface area contributed by atoms with Crippen LogP contribution in [-0.4, -0.2) is 141 Å². The summed E-state index contributed by atoms with van der Waals surface area (Å²) in [6.07, 6.45) is 9.95. The van der Waals surface area contributed by atoms with Gasteiger partial charge in [0.15, 0.2) is 18.4 Å². The summed E-state index contributed by atoms with van der Waals surface area (Å²) < 4.78 is 70.0. The Hall–Kier alpha value is -2.31. The molecule has 20 atom stereocenters. The maximum Gasteiger partial charge on any atom is 0.316 e. The van der Waals surface area contributed by atoms with Gasteiger partial charge in [0.25, 0.3) is 0 Å². The Morgan fingerprint density at radius 2 is 1.57 bits per heavy atom. The third-order valence-electron chi connectivity index (χ3n) is 14.7. The van der Waals surface area contributed by atoms with Crippen molar-refractivity contribution >= 4 is 5.97 Å². The van der Waals surface area contributed by atoms with Crippen LogP contribution in [0.25, 0.3) is 0 Å². The number of hydrogen-bond acceptors (Lipinski definition) is 14. The maximum atomic E-state index is 14.5. The molecule has 354 valence electrons. The van der Waals surface area contributed by atoms with Gasteiger partial charge in [-0.05, 0) is 62.8 Å². The van der Waals surface area contributed by atoms with Gasteiger partial charge in [-0.15, -0.1) is 0 Å². The van der Waals surface area contributed by atoms with Gasteiger partial charge in [0.1, 0.15) is 42.0 Å². The van der Waals surface area contributed by atoms with E-state index in [4.69, 9.17) is 52.1 Å². The van der Waals surface area contributed by atoms with Gasteiger partial charge in [-0.2, -0.15) is 0 Å². The summed E-state index contributed by atoms with van der Waals surface area (Å²) >= 11 is 0. The minimum atomic E-state index is -1.71. The second kappa shape index (κ2) is 20.3. The first-order valence-electron chi connectivity index (χ1n) is 23.2. The third kappa shape index (κ3) is 10.0. The highest BCUT2D eigenvalue weighted by Crippen LogP contribution is 2.48. The van der Waals surface area contributed by atoms with E-state index in [-0.39, 0.29) is 42.7 Å². The predicted octanol–water partition coefficient (Wildman–Crippen LogP) is 6.03. The van der Waals surface area contributed by atoms with Crippen molar-refractivity contribution in [3.8, 4) is 0 Å². The SMILES string of the molecule is CC[C@H](C)[C@H]1O[C@]2(C=C[C@@H]1C)C[C@@H]1C[C@@H](C/C=C(\C)[C@@H](O[C@H]3C[C@H](OC)[C@@H](O[C@H]4C[C@H](OC)[C@@H](O)[C@H](C)O4)[C@H](C)O3)[C@@H](C)/C=C/C=C3CO[C@@H]4[C@H](OC)C(C)=C[C@@H](C(=O)O1)[C@]34O)O2. The van der Waals surface area contributed by atoms with Crippen LogP contribution in [0.2, 0.25) is 0 Å². The number of aliphatic hydroxyl groups is 2. The molecular weight excluding hydrogens is 813 g/mol. The van der Waals surface area contributed by atoms with E-state index < -0.39 is 90.8 Å². The topological polar surface area (TPSA) is 159 Å². The molecule has 6 heterocycles. The van der Waals surface area contributed by atoms with Crippen molar-refractivity contribution in [2.75, 3.05) is 27.9 Å². The zero-order chi connectivity index (χ0) is 45.4. The number of esters is 1. The average molecular weight is 887 g/mol. The fourth-order valence-electron chi connectivity index (χ4n) is 10.9. The standard InChI is InChI=1S/C49H74O14/c1-12-26(2)43-29(5)18-19-48(63-43)24-35-21-34(62-48)17-16-28(4)42(60-40-23-38(54-10)45(32(8)58-40)61-39-22-37(53-9)41(50)31(7)57-39)27(3)14-13-15-33-25-56-46-44(55-11)30(6)20-36(47(51)59-35)49(33,46)52/h13-16,18-20,26-27,29,31-32,34-46,50,52H,12,17,21-25H2,1-11H3/b14-13+,28-16+,33-15?/t26-,27-,29-,31-,32-,34+,35-,36-,37-,38-,39-,40-,41-,42-,43+,44+,45-,46+,48+,49+/m0/s1. The largest absolute Gasteiger partial charge is 0.462 e. The second-order valence-corrected chi connectivity index (χ2v) is 19.2. The van der Waals surface area contributed by atoms with Crippen LogP contribution < -0.4 is 0 Å². The monoisotopic (exact) mass is 887 g/mol. The smallest absolute Gasteiger partial charge is 0.316 e. The molecule has 0 unspecified atom stereocenters. The van der Waals surface area contributed by atoms with Crippen molar-refractivity contribution < 1.29 is 67.1 Å². The third-order valence-corrected chi connectivity index (χ3v) is 14.7. The summed E-state index contributed by atoms with van der Waals surface area (Å²) in [5.41, 5.74) is 0.626. The number of hydrogen-bond donors (Lipinski definition) is 2. The zero-order valence-electron chi connectivity index (χ0n) is 39.2. The first-order valence-corrected chi connectivity index (χ1v) is 23.2. The lowest BCUT2D eigenvalue weighted by Gasteiger charge is -2.48. The van der Waals surface area contributed by atoms with E-state index in [0.717, 1.165) is 17.6 Å². The summed E-state index contributed by atoms with van der Waals surface area (Å²) in [5, 5.41) is 23.2. The van der Waals surface area contributed by atoms with E-state index in [1.165, 1.54) is 0 Å². The molecule has 0 aromatic carbocycles. The van der Waals surface area contributed by atoms with Crippen LogP contribution in [-0.2, 0) is 56.9 Å². The highest BCUT2D eigenvalue weighted by Gasteiger charge is 2.60. The lowest BCUT2D eigenvalue weighted by Crippen LogP contribution is -2.58. The predicted molar refractivity (Wildman–Crippen MR) is 232 cm³/mol. The lowest BCUT2D eigenvalue weighted by atomic mass is 9.70. The Morgan fingerprint density at radius 1 is 0.857 bits per heavy atom. The van der Waals surface area contributed by atoms with Crippen LogP contribution >= 0.6 is 0 Å². The van der Waals surface area contributed by atoms with Gasteiger partial charge in [-0.1, -0.05) is 70.6 Å². The number of fused-ring (bicyclic) bond motifs is 2. The van der Waals surface area contributed by atoms with Crippen LogP contribution in [0, 0.1) is 23.7 Å². The normalized spacial score (nSPS) is 47.7. The van der Waals surface area contributed by atoms with Crippen LogP contribution in [0.1, 0.15) is 93.9 Å². The molecule has 14 heteroatoms. The molecule has 1 aliphatic carbocycles. The van der Waals surface area contributed by atoms with Crippen molar-refractivity contribution in [3.05, 3.63) is 59.3 Å². The quantitative estimate of drug-likeness (QED) is 0.204. The summed E-state index contributed by atoms with van der Waals surface area (Å²) in [6.45, 7) is 16.4. The van der Waals surface area contributed by atoms with E-state index in [1.807, 2.05) is 38.2 Å². The molecule has 7 rings (SSSR count). The Labute approximate surface area is 374 Å². The van der Waals surface area contributed by atoms with E-state index in [9.17, 15) is 15.0 Å². The number of ether oxygens (including phenoxy) is 11. The lowest BCUT2D eigenvalue weighted by molar-refractivity contribution is -0.318. The van der Waals surface area contributed by atoms with Gasteiger partial charge >= 0.3 is 5.97 Å². The van der Waals surface area contributed by atoms with Crippen molar-refractivity contribution in [1.82, 2.24) is 0 Å². The molecule has 63 heavy (non-hydrogen) atoms. The minimum Gasteiger partial charge on any atom is -0.462 e. The Morgan fingerprint density at radius 3 is 2.29 bits per heavy atom. The Kier molecular flexibility index (Phi) is 15.7. The number of allylic oxidation sites excluding steroid dienone is 2. The molecule has 4 saturated heterocycles. The molecule has 0 amide bonds.